The van der Waals surface area contributed by atoms with Crippen LogP contribution in [0, 0.1) is 5.92 Å². The number of benzene rings is 1. The van der Waals surface area contributed by atoms with Crippen LogP contribution in [0.25, 0.3) is 0 Å². The van der Waals surface area contributed by atoms with E-state index in [0.29, 0.717) is 16.4 Å². The number of hydrogen-bond acceptors (Lipinski definition) is 3. The average molecular weight is 278 g/mol. The summed E-state index contributed by atoms with van der Waals surface area (Å²) >= 11 is 4.92. The van der Waals surface area contributed by atoms with Crippen molar-refractivity contribution in [1.82, 2.24) is 0 Å². The predicted octanol–water partition coefficient (Wildman–Crippen LogP) is 2.46. The SMILES string of the molecule is COc1cc(C(N)=S)ccc1NC(=O)C1CCCC1. The Kier molecular flexibility index (Phi) is 4.37. The van der Waals surface area contributed by atoms with Crippen molar-refractivity contribution in [1.29, 1.82) is 0 Å². The van der Waals surface area contributed by atoms with Crippen molar-refractivity contribution in [3.8, 4) is 5.75 Å². The summed E-state index contributed by atoms with van der Waals surface area (Å²) in [7, 11) is 1.56. The monoisotopic (exact) mass is 278 g/mol. The first-order valence-corrected chi connectivity index (χ1v) is 6.81. The van der Waals surface area contributed by atoms with Crippen LogP contribution in [0.1, 0.15) is 31.2 Å². The number of amides is 1. The normalized spacial score (nSPS) is 15.2. The van der Waals surface area contributed by atoms with Crippen molar-refractivity contribution in [3.05, 3.63) is 23.8 Å². The number of hydrogen-bond donors (Lipinski definition) is 2. The fourth-order valence-electron chi connectivity index (χ4n) is 2.37. The lowest BCUT2D eigenvalue weighted by Crippen LogP contribution is -2.20. The van der Waals surface area contributed by atoms with Gasteiger partial charge in [-0.15, -0.1) is 0 Å². The van der Waals surface area contributed by atoms with Crippen molar-refractivity contribution in [2.24, 2.45) is 11.7 Å². The molecule has 0 unspecified atom stereocenters. The van der Waals surface area contributed by atoms with Gasteiger partial charge in [-0.05, 0) is 31.0 Å². The van der Waals surface area contributed by atoms with E-state index in [1.807, 2.05) is 0 Å². The van der Waals surface area contributed by atoms with E-state index in [0.717, 1.165) is 31.2 Å². The first-order valence-electron chi connectivity index (χ1n) is 6.40. The second kappa shape index (κ2) is 6.02. The van der Waals surface area contributed by atoms with Gasteiger partial charge in [0, 0.05) is 11.5 Å². The molecule has 0 saturated heterocycles. The second-order valence-corrected chi connectivity index (χ2v) is 5.19. The lowest BCUT2D eigenvalue weighted by atomic mass is 10.1. The summed E-state index contributed by atoms with van der Waals surface area (Å²) in [6.07, 6.45) is 4.21. The van der Waals surface area contributed by atoms with Gasteiger partial charge in [0.1, 0.15) is 10.7 Å². The molecule has 0 atom stereocenters. The molecule has 1 saturated carbocycles. The van der Waals surface area contributed by atoms with Gasteiger partial charge < -0.3 is 15.8 Å². The quantitative estimate of drug-likeness (QED) is 0.830. The van der Waals surface area contributed by atoms with E-state index in [9.17, 15) is 4.79 Å². The number of nitrogens with one attached hydrogen (secondary N) is 1. The number of carbonyl (C=O) groups is 1. The fourth-order valence-corrected chi connectivity index (χ4v) is 2.50. The van der Waals surface area contributed by atoms with E-state index in [1.165, 1.54) is 0 Å². The molecule has 1 aliphatic carbocycles. The Bertz CT molecular complexity index is 496. The third-order valence-electron chi connectivity index (χ3n) is 3.47. The summed E-state index contributed by atoms with van der Waals surface area (Å²) in [5.74, 6) is 0.774. The molecule has 0 spiro atoms. The maximum atomic E-state index is 12.1. The minimum atomic E-state index is 0.0684. The van der Waals surface area contributed by atoms with Crippen molar-refractivity contribution in [2.45, 2.75) is 25.7 Å². The Morgan fingerprint density at radius 2 is 2.11 bits per heavy atom. The van der Waals surface area contributed by atoms with E-state index in [4.69, 9.17) is 22.7 Å². The van der Waals surface area contributed by atoms with Gasteiger partial charge in [-0.3, -0.25) is 4.79 Å². The summed E-state index contributed by atoms with van der Waals surface area (Å²) in [5.41, 5.74) is 6.97. The van der Waals surface area contributed by atoms with Crippen molar-refractivity contribution in [3.63, 3.8) is 0 Å². The van der Waals surface area contributed by atoms with Crippen LogP contribution in [0.4, 0.5) is 5.69 Å². The van der Waals surface area contributed by atoms with E-state index >= 15 is 0 Å². The lowest BCUT2D eigenvalue weighted by molar-refractivity contribution is -0.119. The molecule has 0 radical (unpaired) electrons. The van der Waals surface area contributed by atoms with Gasteiger partial charge in [-0.2, -0.15) is 0 Å². The fraction of sp³-hybridized carbons (Fsp3) is 0.429. The maximum Gasteiger partial charge on any atom is 0.227 e. The topological polar surface area (TPSA) is 64.3 Å². The number of nitrogens with two attached hydrogens (primary N) is 1. The minimum Gasteiger partial charge on any atom is -0.495 e. The molecular formula is C14H18N2O2S. The van der Waals surface area contributed by atoms with Gasteiger partial charge in [-0.25, -0.2) is 0 Å². The van der Waals surface area contributed by atoms with Crippen LogP contribution in [0.15, 0.2) is 18.2 Å². The molecule has 0 aromatic heterocycles. The number of anilines is 1. The molecule has 1 aromatic carbocycles. The van der Waals surface area contributed by atoms with E-state index in [-0.39, 0.29) is 11.8 Å². The van der Waals surface area contributed by atoms with Crippen LogP contribution < -0.4 is 15.8 Å². The van der Waals surface area contributed by atoms with Crippen LogP contribution in [0.3, 0.4) is 0 Å². The summed E-state index contributed by atoms with van der Waals surface area (Å²) in [6, 6.07) is 5.31. The second-order valence-electron chi connectivity index (χ2n) is 4.75. The van der Waals surface area contributed by atoms with Crippen molar-refractivity contribution >= 4 is 28.8 Å². The third kappa shape index (κ3) is 3.23. The number of rotatable bonds is 4. The molecular weight excluding hydrogens is 260 g/mol. The Morgan fingerprint density at radius 3 is 2.68 bits per heavy atom. The first kappa shape index (κ1) is 13.8. The Labute approximate surface area is 118 Å². The zero-order valence-corrected chi connectivity index (χ0v) is 11.8. The van der Waals surface area contributed by atoms with Crippen LogP contribution in [0.2, 0.25) is 0 Å². The van der Waals surface area contributed by atoms with Crippen LogP contribution >= 0.6 is 12.2 Å². The molecule has 3 N–H and O–H groups in total. The largest absolute Gasteiger partial charge is 0.495 e. The van der Waals surface area contributed by atoms with Gasteiger partial charge in [0.25, 0.3) is 0 Å². The summed E-state index contributed by atoms with van der Waals surface area (Å²) < 4.78 is 5.27. The van der Waals surface area contributed by atoms with Gasteiger partial charge >= 0.3 is 0 Å². The predicted molar refractivity (Wildman–Crippen MR) is 79.5 cm³/mol. The molecule has 1 fully saturated rings. The zero-order valence-electron chi connectivity index (χ0n) is 10.9. The summed E-state index contributed by atoms with van der Waals surface area (Å²) in [4.78, 5) is 12.4. The number of methoxy groups -OCH3 is 1. The molecule has 102 valence electrons. The standard InChI is InChI=1S/C14H18N2O2S/c1-18-12-8-10(13(15)19)6-7-11(12)16-14(17)9-4-2-3-5-9/h6-9H,2-5H2,1H3,(H2,15,19)(H,16,17). The highest BCUT2D eigenvalue weighted by atomic mass is 32.1. The molecule has 1 aromatic rings. The van der Waals surface area contributed by atoms with E-state index < -0.39 is 0 Å². The highest BCUT2D eigenvalue weighted by molar-refractivity contribution is 7.80. The van der Waals surface area contributed by atoms with Gasteiger partial charge in [-0.1, -0.05) is 25.1 Å². The molecule has 19 heavy (non-hydrogen) atoms. The molecule has 2 rings (SSSR count). The molecule has 0 heterocycles. The molecule has 1 amide bonds. The highest BCUT2D eigenvalue weighted by Gasteiger charge is 2.23. The maximum absolute atomic E-state index is 12.1. The molecule has 0 aliphatic heterocycles. The lowest BCUT2D eigenvalue weighted by Gasteiger charge is -2.14. The minimum absolute atomic E-state index is 0.0684. The molecule has 5 heteroatoms. The van der Waals surface area contributed by atoms with Crippen molar-refractivity contribution < 1.29 is 9.53 Å². The van der Waals surface area contributed by atoms with Crippen molar-refractivity contribution in [2.75, 3.05) is 12.4 Å². The molecule has 0 bridgehead atoms. The Hall–Kier alpha value is -1.62. The van der Waals surface area contributed by atoms with Gasteiger partial charge in [0.05, 0.1) is 12.8 Å². The van der Waals surface area contributed by atoms with E-state index in [1.54, 1.807) is 25.3 Å². The van der Waals surface area contributed by atoms with Gasteiger partial charge in [0.2, 0.25) is 5.91 Å². The van der Waals surface area contributed by atoms with E-state index in [2.05, 4.69) is 5.32 Å². The number of ether oxygens (including phenoxy) is 1. The molecule has 4 nitrogen and oxygen atoms in total. The van der Waals surface area contributed by atoms with Crippen LogP contribution in [-0.4, -0.2) is 18.0 Å². The third-order valence-corrected chi connectivity index (χ3v) is 3.71. The Balaban J connectivity index is 2.15. The van der Waals surface area contributed by atoms with Crippen LogP contribution in [0.5, 0.6) is 5.75 Å². The summed E-state index contributed by atoms with van der Waals surface area (Å²) in [6.45, 7) is 0. The zero-order chi connectivity index (χ0) is 13.8. The van der Waals surface area contributed by atoms with Crippen LogP contribution in [-0.2, 0) is 4.79 Å². The average Bonchev–Trinajstić information content (AvgIpc) is 2.92. The number of thiocarbonyl (C=S) groups is 1. The highest BCUT2D eigenvalue weighted by Crippen LogP contribution is 2.29. The van der Waals surface area contributed by atoms with Gasteiger partial charge in [0.15, 0.2) is 0 Å². The summed E-state index contributed by atoms with van der Waals surface area (Å²) in [5, 5.41) is 2.92. The Morgan fingerprint density at radius 1 is 1.42 bits per heavy atom. The smallest absolute Gasteiger partial charge is 0.227 e. The number of carbonyl (C=O) groups excluding carboxylic acids is 1. The molecule has 1 aliphatic rings. The first-order chi connectivity index (χ1) is 9.11.